The molecule has 0 radical (unpaired) electrons. The van der Waals surface area contributed by atoms with E-state index in [1.165, 1.54) is 6.92 Å². The minimum atomic E-state index is -0.217. The Bertz CT molecular complexity index is 232. The van der Waals surface area contributed by atoms with Crippen LogP contribution >= 0.6 is 0 Å². The number of amides is 2. The SMILES string of the molecule is CCCCCNC(=O)C(C)NCCNC(C)=O. The van der Waals surface area contributed by atoms with Gasteiger partial charge in [-0.05, 0) is 13.3 Å². The highest BCUT2D eigenvalue weighted by molar-refractivity contribution is 5.81. The molecule has 0 spiro atoms. The van der Waals surface area contributed by atoms with Gasteiger partial charge < -0.3 is 16.0 Å². The first-order chi connectivity index (χ1) is 8.07. The van der Waals surface area contributed by atoms with Crippen molar-refractivity contribution in [1.82, 2.24) is 16.0 Å². The minimum absolute atomic E-state index is 0.0175. The topological polar surface area (TPSA) is 70.2 Å². The Hall–Kier alpha value is -1.10. The highest BCUT2D eigenvalue weighted by Gasteiger charge is 2.10. The summed E-state index contributed by atoms with van der Waals surface area (Å²) in [4.78, 5) is 22.2. The number of hydrogen-bond donors (Lipinski definition) is 3. The number of carbonyl (C=O) groups is 2. The molecule has 0 aromatic heterocycles. The molecule has 0 aliphatic heterocycles. The van der Waals surface area contributed by atoms with Crippen LogP contribution < -0.4 is 16.0 Å². The van der Waals surface area contributed by atoms with Gasteiger partial charge in [0.05, 0.1) is 6.04 Å². The molecule has 0 saturated heterocycles. The lowest BCUT2D eigenvalue weighted by Gasteiger charge is -2.14. The van der Waals surface area contributed by atoms with Crippen LogP contribution in [0.4, 0.5) is 0 Å². The van der Waals surface area contributed by atoms with Crippen LogP contribution in [0.25, 0.3) is 0 Å². The van der Waals surface area contributed by atoms with Gasteiger partial charge in [-0.25, -0.2) is 0 Å². The van der Waals surface area contributed by atoms with E-state index in [2.05, 4.69) is 22.9 Å². The summed E-state index contributed by atoms with van der Waals surface area (Å²) in [7, 11) is 0. The normalized spacial score (nSPS) is 11.9. The number of unbranched alkanes of at least 4 members (excludes halogenated alkanes) is 2. The molecule has 17 heavy (non-hydrogen) atoms. The van der Waals surface area contributed by atoms with E-state index in [0.717, 1.165) is 25.8 Å². The van der Waals surface area contributed by atoms with Gasteiger partial charge in [-0.1, -0.05) is 19.8 Å². The lowest BCUT2D eigenvalue weighted by atomic mass is 10.2. The fraction of sp³-hybridized carbons (Fsp3) is 0.833. The Balaban J connectivity index is 3.50. The monoisotopic (exact) mass is 243 g/mol. The molecule has 0 aliphatic rings. The molecule has 0 aliphatic carbocycles. The van der Waals surface area contributed by atoms with Gasteiger partial charge in [0.2, 0.25) is 11.8 Å². The molecule has 0 fully saturated rings. The smallest absolute Gasteiger partial charge is 0.236 e. The molecule has 1 unspecified atom stereocenters. The molecule has 2 amide bonds. The van der Waals surface area contributed by atoms with Gasteiger partial charge in [-0.2, -0.15) is 0 Å². The molecule has 100 valence electrons. The summed E-state index contributed by atoms with van der Waals surface area (Å²) in [5, 5.41) is 8.60. The standard InChI is InChI=1S/C12H25N3O2/c1-4-5-6-7-15-12(17)10(2)13-8-9-14-11(3)16/h10,13H,4-9H2,1-3H3,(H,14,16)(H,15,17). The van der Waals surface area contributed by atoms with Gasteiger partial charge in [0.25, 0.3) is 0 Å². The summed E-state index contributed by atoms with van der Waals surface area (Å²) in [6.45, 7) is 7.32. The van der Waals surface area contributed by atoms with Crippen LogP contribution in [-0.4, -0.2) is 37.5 Å². The Morgan fingerprint density at radius 1 is 1.06 bits per heavy atom. The summed E-state index contributed by atoms with van der Waals surface area (Å²) in [5.74, 6) is -0.0348. The van der Waals surface area contributed by atoms with Crippen LogP contribution in [0.15, 0.2) is 0 Å². The maximum atomic E-state index is 11.6. The van der Waals surface area contributed by atoms with Crippen molar-refractivity contribution in [2.24, 2.45) is 0 Å². The largest absolute Gasteiger partial charge is 0.355 e. The highest BCUT2D eigenvalue weighted by Crippen LogP contribution is 1.91. The number of rotatable bonds is 9. The van der Waals surface area contributed by atoms with E-state index in [4.69, 9.17) is 0 Å². The maximum Gasteiger partial charge on any atom is 0.236 e. The van der Waals surface area contributed by atoms with Crippen molar-refractivity contribution in [2.45, 2.75) is 46.1 Å². The Labute approximate surface area is 104 Å². The molecule has 5 nitrogen and oxygen atoms in total. The van der Waals surface area contributed by atoms with Gasteiger partial charge in [0.15, 0.2) is 0 Å². The first kappa shape index (κ1) is 15.9. The van der Waals surface area contributed by atoms with Gasteiger partial charge >= 0.3 is 0 Å². The van der Waals surface area contributed by atoms with Crippen molar-refractivity contribution in [2.75, 3.05) is 19.6 Å². The van der Waals surface area contributed by atoms with E-state index >= 15 is 0 Å². The van der Waals surface area contributed by atoms with Crippen molar-refractivity contribution < 1.29 is 9.59 Å². The molecular formula is C12H25N3O2. The zero-order chi connectivity index (χ0) is 13.1. The van der Waals surface area contributed by atoms with Crippen molar-refractivity contribution >= 4 is 11.8 Å². The highest BCUT2D eigenvalue weighted by atomic mass is 16.2. The Morgan fingerprint density at radius 3 is 2.35 bits per heavy atom. The summed E-state index contributed by atoms with van der Waals surface area (Å²) in [6.07, 6.45) is 3.33. The third-order valence-corrected chi connectivity index (χ3v) is 2.42. The van der Waals surface area contributed by atoms with Crippen LogP contribution in [0.5, 0.6) is 0 Å². The molecule has 0 saturated carbocycles. The molecule has 5 heteroatoms. The molecule has 0 heterocycles. The number of hydrogen-bond acceptors (Lipinski definition) is 3. The maximum absolute atomic E-state index is 11.6. The van der Waals surface area contributed by atoms with Crippen LogP contribution in [-0.2, 0) is 9.59 Å². The average molecular weight is 243 g/mol. The van der Waals surface area contributed by atoms with E-state index in [-0.39, 0.29) is 17.9 Å². The molecule has 3 N–H and O–H groups in total. The second-order valence-electron chi connectivity index (χ2n) is 4.16. The van der Waals surface area contributed by atoms with Crippen LogP contribution in [0, 0.1) is 0 Å². The number of carbonyl (C=O) groups excluding carboxylic acids is 2. The van der Waals surface area contributed by atoms with Gasteiger partial charge in [-0.15, -0.1) is 0 Å². The van der Waals surface area contributed by atoms with E-state index in [1.807, 2.05) is 6.92 Å². The third kappa shape index (κ3) is 9.81. The van der Waals surface area contributed by atoms with E-state index in [1.54, 1.807) is 0 Å². The van der Waals surface area contributed by atoms with Crippen molar-refractivity contribution in [1.29, 1.82) is 0 Å². The summed E-state index contributed by atoms with van der Waals surface area (Å²) in [5.41, 5.74) is 0. The second-order valence-corrected chi connectivity index (χ2v) is 4.16. The van der Waals surface area contributed by atoms with Crippen LogP contribution in [0.1, 0.15) is 40.0 Å². The van der Waals surface area contributed by atoms with Gasteiger partial charge in [0, 0.05) is 26.6 Å². The summed E-state index contributed by atoms with van der Waals surface area (Å²) in [6, 6.07) is -0.217. The molecule has 0 aromatic rings. The summed E-state index contributed by atoms with van der Waals surface area (Å²) >= 11 is 0. The fourth-order valence-corrected chi connectivity index (χ4v) is 1.36. The first-order valence-corrected chi connectivity index (χ1v) is 6.33. The van der Waals surface area contributed by atoms with Crippen molar-refractivity contribution in [3.05, 3.63) is 0 Å². The average Bonchev–Trinajstić information content (AvgIpc) is 2.29. The number of nitrogens with one attached hydrogen (secondary N) is 3. The van der Waals surface area contributed by atoms with Gasteiger partial charge in [-0.3, -0.25) is 9.59 Å². The van der Waals surface area contributed by atoms with Crippen molar-refractivity contribution in [3.8, 4) is 0 Å². The molecular weight excluding hydrogens is 218 g/mol. The Morgan fingerprint density at radius 2 is 1.76 bits per heavy atom. The van der Waals surface area contributed by atoms with E-state index in [0.29, 0.717) is 13.1 Å². The zero-order valence-electron chi connectivity index (χ0n) is 11.1. The quantitative estimate of drug-likeness (QED) is 0.514. The van der Waals surface area contributed by atoms with E-state index in [9.17, 15) is 9.59 Å². The zero-order valence-corrected chi connectivity index (χ0v) is 11.1. The minimum Gasteiger partial charge on any atom is -0.355 e. The molecule has 0 aromatic carbocycles. The lowest BCUT2D eigenvalue weighted by Crippen LogP contribution is -2.44. The van der Waals surface area contributed by atoms with Crippen molar-refractivity contribution in [3.63, 3.8) is 0 Å². The predicted molar refractivity (Wildman–Crippen MR) is 68.7 cm³/mol. The van der Waals surface area contributed by atoms with E-state index < -0.39 is 0 Å². The summed E-state index contributed by atoms with van der Waals surface area (Å²) < 4.78 is 0. The molecule has 0 rings (SSSR count). The van der Waals surface area contributed by atoms with Crippen LogP contribution in [0.2, 0.25) is 0 Å². The molecule has 1 atom stereocenters. The van der Waals surface area contributed by atoms with Gasteiger partial charge in [0.1, 0.15) is 0 Å². The van der Waals surface area contributed by atoms with Crippen LogP contribution in [0.3, 0.4) is 0 Å². The second kappa shape index (κ2) is 10.1. The molecule has 0 bridgehead atoms. The predicted octanol–water partition coefficient (Wildman–Crippen LogP) is 0.407. The lowest BCUT2D eigenvalue weighted by molar-refractivity contribution is -0.122. The fourth-order valence-electron chi connectivity index (χ4n) is 1.36. The Kier molecular flexibility index (Phi) is 9.43. The first-order valence-electron chi connectivity index (χ1n) is 6.33. The third-order valence-electron chi connectivity index (χ3n) is 2.42.